The fraction of sp³-hybridized carbons (Fsp3) is 0.368. The van der Waals surface area contributed by atoms with E-state index in [-0.39, 0.29) is 10.8 Å². The molecule has 2 N–H and O–H groups in total. The summed E-state index contributed by atoms with van der Waals surface area (Å²) in [6.45, 7) is 4.14. The highest BCUT2D eigenvalue weighted by Gasteiger charge is 2.18. The summed E-state index contributed by atoms with van der Waals surface area (Å²) in [7, 11) is -3.69. The molecule has 1 aliphatic heterocycles. The van der Waals surface area contributed by atoms with Gasteiger partial charge in [0, 0.05) is 18.7 Å². The van der Waals surface area contributed by atoms with Crippen LogP contribution in [-0.2, 0) is 10.0 Å². The van der Waals surface area contributed by atoms with Gasteiger partial charge in [0.2, 0.25) is 0 Å². The number of aliphatic imine (C=N–C) groups is 1. The van der Waals surface area contributed by atoms with Gasteiger partial charge in [-0.05, 0) is 57.0 Å². The molecule has 0 radical (unpaired) electrons. The second-order valence-electron chi connectivity index (χ2n) is 6.55. The average Bonchev–Trinajstić information content (AvgIpc) is 2.80. The zero-order valence-electron chi connectivity index (χ0n) is 15.4. The van der Waals surface area contributed by atoms with Crippen molar-refractivity contribution in [3.8, 4) is 0 Å². The molecule has 1 aromatic heterocycles. The summed E-state index contributed by atoms with van der Waals surface area (Å²) < 4.78 is 33.0. The minimum absolute atomic E-state index is 0.128. The lowest BCUT2D eigenvalue weighted by Gasteiger charge is -2.10. The van der Waals surface area contributed by atoms with E-state index in [0.717, 1.165) is 19.3 Å². The first-order valence-electron chi connectivity index (χ1n) is 8.90. The molecule has 0 saturated carbocycles. The number of nitrogens with one attached hydrogen (secondary N) is 2. The van der Waals surface area contributed by atoms with Gasteiger partial charge >= 0.3 is 0 Å². The van der Waals surface area contributed by atoms with Gasteiger partial charge in [-0.25, -0.2) is 8.42 Å². The molecule has 0 fully saturated rings. The molecule has 144 valence electrons. The molecule has 0 aliphatic carbocycles. The van der Waals surface area contributed by atoms with E-state index in [1.165, 1.54) is 12.1 Å². The van der Waals surface area contributed by atoms with Crippen LogP contribution in [0.25, 0.3) is 0 Å². The zero-order valence-corrected chi connectivity index (χ0v) is 16.2. The van der Waals surface area contributed by atoms with Crippen LogP contribution >= 0.6 is 0 Å². The van der Waals surface area contributed by atoms with Crippen LogP contribution in [0.4, 0.5) is 5.69 Å². The molecule has 3 rings (SSSR count). The van der Waals surface area contributed by atoms with Gasteiger partial charge in [-0.2, -0.15) is 0 Å². The first kappa shape index (κ1) is 19.2. The standard InChI is InChI=1S/C19H23N3O4S/c1-13-12-17(14(2)26-13)19(23)21-15-7-9-16(10-8-15)27(24,25)22-18-6-4-3-5-11-20-18/h7-10,12H,3-6,11H2,1-2H3,(H,20,22)(H,21,23). The summed E-state index contributed by atoms with van der Waals surface area (Å²) >= 11 is 0. The van der Waals surface area contributed by atoms with Crippen molar-refractivity contribution < 1.29 is 17.6 Å². The van der Waals surface area contributed by atoms with E-state index in [0.29, 0.717) is 41.6 Å². The highest BCUT2D eigenvalue weighted by molar-refractivity contribution is 7.90. The predicted octanol–water partition coefficient (Wildman–Crippen LogP) is 3.40. The Morgan fingerprint density at radius 1 is 1.11 bits per heavy atom. The molecule has 2 heterocycles. The molecule has 27 heavy (non-hydrogen) atoms. The normalized spacial score (nSPS) is 15.0. The molecule has 0 saturated heterocycles. The summed E-state index contributed by atoms with van der Waals surface area (Å²) in [6.07, 6.45) is 3.60. The van der Waals surface area contributed by atoms with Crippen molar-refractivity contribution >= 4 is 27.5 Å². The summed E-state index contributed by atoms with van der Waals surface area (Å²) in [4.78, 5) is 16.7. The van der Waals surface area contributed by atoms with Gasteiger partial charge in [-0.15, -0.1) is 0 Å². The van der Waals surface area contributed by atoms with E-state index < -0.39 is 10.0 Å². The lowest BCUT2D eigenvalue weighted by Crippen LogP contribution is -2.30. The lowest BCUT2D eigenvalue weighted by molar-refractivity contribution is 0.102. The molecule has 0 atom stereocenters. The third kappa shape index (κ3) is 4.77. The highest BCUT2D eigenvalue weighted by Crippen LogP contribution is 2.18. The number of aryl methyl sites for hydroxylation is 2. The van der Waals surface area contributed by atoms with Crippen molar-refractivity contribution in [3.05, 3.63) is 47.4 Å². The van der Waals surface area contributed by atoms with Crippen LogP contribution in [0.2, 0.25) is 0 Å². The molecule has 0 spiro atoms. The second-order valence-corrected chi connectivity index (χ2v) is 8.23. The van der Waals surface area contributed by atoms with E-state index in [1.807, 2.05) is 0 Å². The van der Waals surface area contributed by atoms with Gasteiger partial charge in [-0.3, -0.25) is 14.5 Å². The van der Waals surface area contributed by atoms with Crippen LogP contribution in [0.5, 0.6) is 0 Å². The maximum absolute atomic E-state index is 12.5. The lowest BCUT2D eigenvalue weighted by atomic mass is 10.2. The SMILES string of the molecule is Cc1cc(C(=O)Nc2ccc(S(=O)(=O)NC3=NCCCCC3)cc2)c(C)o1. The van der Waals surface area contributed by atoms with E-state index in [4.69, 9.17) is 4.42 Å². The molecule has 8 heteroatoms. The van der Waals surface area contributed by atoms with Crippen LogP contribution < -0.4 is 10.0 Å². The fourth-order valence-corrected chi connectivity index (χ4v) is 4.03. The van der Waals surface area contributed by atoms with Crippen LogP contribution in [-0.4, -0.2) is 26.7 Å². The first-order valence-corrected chi connectivity index (χ1v) is 10.4. The molecule has 1 aromatic carbocycles. The van der Waals surface area contributed by atoms with Gasteiger partial charge in [0.05, 0.1) is 10.5 Å². The molecular formula is C19H23N3O4S. The van der Waals surface area contributed by atoms with Crippen molar-refractivity contribution in [2.75, 3.05) is 11.9 Å². The summed E-state index contributed by atoms with van der Waals surface area (Å²) in [5.41, 5.74) is 0.959. The van der Waals surface area contributed by atoms with Crippen molar-refractivity contribution in [2.24, 2.45) is 4.99 Å². The average molecular weight is 389 g/mol. The Bertz CT molecular complexity index is 959. The molecule has 1 amide bonds. The Kier molecular flexibility index (Phi) is 5.65. The molecule has 2 aromatic rings. The Morgan fingerprint density at radius 2 is 1.85 bits per heavy atom. The number of hydrogen-bond donors (Lipinski definition) is 2. The summed E-state index contributed by atoms with van der Waals surface area (Å²) in [6, 6.07) is 7.71. The molecule has 0 unspecified atom stereocenters. The molecule has 7 nitrogen and oxygen atoms in total. The number of rotatable bonds is 4. The fourth-order valence-electron chi connectivity index (χ4n) is 2.94. The number of hydrogen-bond acceptors (Lipinski definition) is 5. The Balaban J connectivity index is 1.69. The predicted molar refractivity (Wildman–Crippen MR) is 104 cm³/mol. The van der Waals surface area contributed by atoms with E-state index in [9.17, 15) is 13.2 Å². The smallest absolute Gasteiger partial charge is 0.262 e. The maximum atomic E-state index is 12.5. The van der Waals surface area contributed by atoms with Crippen molar-refractivity contribution in [1.29, 1.82) is 0 Å². The van der Waals surface area contributed by atoms with Gasteiger partial charge < -0.3 is 9.73 Å². The van der Waals surface area contributed by atoms with Crippen molar-refractivity contribution in [1.82, 2.24) is 4.72 Å². The van der Waals surface area contributed by atoms with Gasteiger partial charge in [0.1, 0.15) is 17.4 Å². The van der Waals surface area contributed by atoms with Crippen LogP contribution in [0.3, 0.4) is 0 Å². The van der Waals surface area contributed by atoms with Crippen LogP contribution in [0.15, 0.2) is 44.6 Å². The summed E-state index contributed by atoms with van der Waals surface area (Å²) in [5, 5.41) is 2.74. The molecule has 1 aliphatic rings. The largest absolute Gasteiger partial charge is 0.466 e. The monoisotopic (exact) mass is 389 g/mol. The number of carbonyl (C=O) groups excluding carboxylic acids is 1. The second kappa shape index (κ2) is 7.96. The Labute approximate surface area is 158 Å². The van der Waals surface area contributed by atoms with Gasteiger partial charge in [0.15, 0.2) is 0 Å². The quantitative estimate of drug-likeness (QED) is 0.837. The van der Waals surface area contributed by atoms with Crippen LogP contribution in [0.1, 0.15) is 47.6 Å². The third-order valence-corrected chi connectivity index (χ3v) is 5.73. The number of anilines is 1. The van der Waals surface area contributed by atoms with Gasteiger partial charge in [-0.1, -0.05) is 6.42 Å². The zero-order chi connectivity index (χ0) is 19.4. The number of nitrogens with zero attached hydrogens (tertiary/aromatic N) is 1. The number of amidine groups is 1. The van der Waals surface area contributed by atoms with E-state index in [1.54, 1.807) is 32.0 Å². The third-order valence-electron chi connectivity index (χ3n) is 4.33. The molecule has 0 bridgehead atoms. The summed E-state index contributed by atoms with van der Waals surface area (Å²) in [5.74, 6) is 1.41. The van der Waals surface area contributed by atoms with E-state index in [2.05, 4.69) is 15.0 Å². The maximum Gasteiger partial charge on any atom is 0.262 e. The minimum atomic E-state index is -3.69. The number of carbonyl (C=O) groups is 1. The van der Waals surface area contributed by atoms with Crippen molar-refractivity contribution in [2.45, 2.75) is 44.4 Å². The van der Waals surface area contributed by atoms with Gasteiger partial charge in [0.25, 0.3) is 15.9 Å². The van der Waals surface area contributed by atoms with Crippen molar-refractivity contribution in [3.63, 3.8) is 0 Å². The minimum Gasteiger partial charge on any atom is -0.466 e. The first-order chi connectivity index (χ1) is 12.8. The Hall–Kier alpha value is -2.61. The topological polar surface area (TPSA) is 101 Å². The number of sulfonamides is 1. The van der Waals surface area contributed by atoms with Crippen LogP contribution in [0, 0.1) is 13.8 Å². The Morgan fingerprint density at radius 3 is 2.52 bits per heavy atom. The highest BCUT2D eigenvalue weighted by atomic mass is 32.2. The van der Waals surface area contributed by atoms with E-state index >= 15 is 0 Å². The number of benzene rings is 1. The molecular weight excluding hydrogens is 366 g/mol. The number of furan rings is 1. The number of amides is 1.